The topological polar surface area (TPSA) is 32.7 Å². The molecule has 3 heteroatoms. The zero-order valence-electron chi connectivity index (χ0n) is 14.5. The third kappa shape index (κ3) is 4.99. The molecule has 1 N–H and O–H groups in total. The summed E-state index contributed by atoms with van der Waals surface area (Å²) >= 11 is 0. The second-order valence-electron chi connectivity index (χ2n) is 7.14. The molecule has 1 unspecified atom stereocenters. The Morgan fingerprint density at radius 3 is 2.59 bits per heavy atom. The predicted octanol–water partition coefficient (Wildman–Crippen LogP) is 3.59. The maximum atomic E-state index is 10.3. The molecule has 1 saturated heterocycles. The summed E-state index contributed by atoms with van der Waals surface area (Å²) in [6.45, 7) is 12.0. The van der Waals surface area contributed by atoms with Gasteiger partial charge in [-0.15, -0.1) is 0 Å². The van der Waals surface area contributed by atoms with E-state index >= 15 is 0 Å². The molecule has 0 radical (unpaired) electrons. The Labute approximate surface area is 135 Å². The highest BCUT2D eigenvalue weighted by atomic mass is 16.5. The predicted molar refractivity (Wildman–Crippen MR) is 91.6 cm³/mol. The van der Waals surface area contributed by atoms with Gasteiger partial charge >= 0.3 is 0 Å². The smallest absolute Gasteiger partial charge is 0.123 e. The second kappa shape index (κ2) is 7.98. The number of aliphatic hydroxyl groups is 1. The van der Waals surface area contributed by atoms with Gasteiger partial charge in [0.2, 0.25) is 0 Å². The number of β-amino-alcohol motifs (C(OH)–C–C–N with tert-alkyl or cyclic N) is 1. The maximum Gasteiger partial charge on any atom is 0.123 e. The van der Waals surface area contributed by atoms with Crippen LogP contribution >= 0.6 is 0 Å². The molecule has 2 rings (SSSR count). The molecule has 0 saturated carbocycles. The maximum absolute atomic E-state index is 10.3. The number of aryl methyl sites for hydroxylation is 1. The zero-order chi connectivity index (χ0) is 16.1. The first-order valence-electron chi connectivity index (χ1n) is 8.59. The fourth-order valence-electron chi connectivity index (χ4n) is 3.02. The van der Waals surface area contributed by atoms with E-state index in [1.165, 1.54) is 24.0 Å². The van der Waals surface area contributed by atoms with E-state index in [1.54, 1.807) is 0 Å². The van der Waals surface area contributed by atoms with Gasteiger partial charge in [-0.2, -0.15) is 0 Å². The molecule has 3 nitrogen and oxygen atoms in total. The minimum absolute atomic E-state index is 0.370. The number of aliphatic hydroxyl groups excluding tert-OH is 1. The first-order chi connectivity index (χ1) is 10.5. The monoisotopic (exact) mass is 305 g/mol. The molecule has 0 aromatic heterocycles. The molecule has 124 valence electrons. The molecule has 1 aliphatic rings. The lowest BCUT2D eigenvalue weighted by molar-refractivity contribution is 0.0559. The third-order valence-electron chi connectivity index (χ3n) is 4.57. The summed E-state index contributed by atoms with van der Waals surface area (Å²) < 4.78 is 5.93. The van der Waals surface area contributed by atoms with Gasteiger partial charge in [0.15, 0.2) is 0 Å². The molecular weight excluding hydrogens is 274 g/mol. The summed E-state index contributed by atoms with van der Waals surface area (Å²) in [5, 5.41) is 10.3. The van der Waals surface area contributed by atoms with Crippen LogP contribution in [0.3, 0.4) is 0 Å². The van der Waals surface area contributed by atoms with Crippen molar-refractivity contribution in [3.05, 3.63) is 29.3 Å². The summed E-state index contributed by atoms with van der Waals surface area (Å²) in [7, 11) is 0. The van der Waals surface area contributed by atoms with E-state index < -0.39 is 6.10 Å². The molecule has 1 aromatic carbocycles. The minimum Gasteiger partial charge on any atom is -0.491 e. The summed E-state index contributed by atoms with van der Waals surface area (Å²) in [4.78, 5) is 2.35. The highest BCUT2D eigenvalue weighted by molar-refractivity contribution is 5.39. The van der Waals surface area contributed by atoms with E-state index in [9.17, 15) is 5.11 Å². The summed E-state index contributed by atoms with van der Waals surface area (Å²) in [5.41, 5.74) is 2.41. The molecule has 1 fully saturated rings. The Hall–Kier alpha value is -1.06. The first kappa shape index (κ1) is 17.3. The summed E-state index contributed by atoms with van der Waals surface area (Å²) in [5.74, 6) is 2.17. The van der Waals surface area contributed by atoms with E-state index in [0.29, 0.717) is 12.5 Å². The normalized spacial score (nSPS) is 18.6. The van der Waals surface area contributed by atoms with Gasteiger partial charge in [0.1, 0.15) is 18.5 Å². The average molecular weight is 305 g/mol. The van der Waals surface area contributed by atoms with Gasteiger partial charge in [0, 0.05) is 6.54 Å². The Bertz CT molecular complexity index is 465. The van der Waals surface area contributed by atoms with E-state index in [1.807, 2.05) is 0 Å². The van der Waals surface area contributed by atoms with Crippen LogP contribution < -0.4 is 4.74 Å². The number of rotatable bonds is 6. The largest absolute Gasteiger partial charge is 0.491 e. The number of hydrogen-bond acceptors (Lipinski definition) is 3. The number of piperidine rings is 1. The van der Waals surface area contributed by atoms with Crippen molar-refractivity contribution in [1.82, 2.24) is 4.90 Å². The van der Waals surface area contributed by atoms with E-state index in [2.05, 4.69) is 50.8 Å². The van der Waals surface area contributed by atoms with Crippen LogP contribution in [0, 0.1) is 12.8 Å². The number of likely N-dealkylation sites (tertiary alicyclic amines) is 1. The molecule has 1 aromatic rings. The average Bonchev–Trinajstić information content (AvgIpc) is 2.47. The van der Waals surface area contributed by atoms with Crippen LogP contribution in [-0.4, -0.2) is 42.4 Å². The van der Waals surface area contributed by atoms with Crippen LogP contribution in [-0.2, 0) is 0 Å². The van der Waals surface area contributed by atoms with Gasteiger partial charge in [-0.05, 0) is 61.9 Å². The highest BCUT2D eigenvalue weighted by Crippen LogP contribution is 2.27. The molecule has 1 aliphatic heterocycles. The molecule has 0 spiro atoms. The van der Waals surface area contributed by atoms with Crippen molar-refractivity contribution in [3.8, 4) is 5.75 Å². The number of benzene rings is 1. The van der Waals surface area contributed by atoms with Crippen LogP contribution in [0.5, 0.6) is 5.75 Å². The standard InChI is InChI=1S/C19H31NO2/c1-14(2)18-6-5-16(4)11-19(18)22-13-17(21)12-20-9-7-15(3)8-10-20/h5-6,11,14-15,17,21H,7-10,12-13H2,1-4H3. The number of hydrogen-bond donors (Lipinski definition) is 1. The van der Waals surface area contributed by atoms with Crippen molar-refractivity contribution < 1.29 is 9.84 Å². The Kier molecular flexibility index (Phi) is 6.27. The van der Waals surface area contributed by atoms with Crippen molar-refractivity contribution in [2.45, 2.75) is 52.6 Å². The third-order valence-corrected chi connectivity index (χ3v) is 4.57. The molecule has 1 heterocycles. The molecule has 22 heavy (non-hydrogen) atoms. The van der Waals surface area contributed by atoms with Gasteiger partial charge < -0.3 is 14.7 Å². The van der Waals surface area contributed by atoms with Crippen LogP contribution in [0.2, 0.25) is 0 Å². The fourth-order valence-corrected chi connectivity index (χ4v) is 3.02. The van der Waals surface area contributed by atoms with Gasteiger partial charge in [0.05, 0.1) is 0 Å². The molecule has 0 bridgehead atoms. The second-order valence-corrected chi connectivity index (χ2v) is 7.14. The van der Waals surface area contributed by atoms with Gasteiger partial charge in [-0.3, -0.25) is 0 Å². The zero-order valence-corrected chi connectivity index (χ0v) is 14.5. The van der Waals surface area contributed by atoms with Gasteiger partial charge in [0.25, 0.3) is 0 Å². The number of ether oxygens (including phenoxy) is 1. The molecule has 0 amide bonds. The van der Waals surface area contributed by atoms with Crippen molar-refractivity contribution in [2.75, 3.05) is 26.2 Å². The SMILES string of the molecule is Cc1ccc(C(C)C)c(OCC(O)CN2CCC(C)CC2)c1. The lowest BCUT2D eigenvalue weighted by Crippen LogP contribution is -2.40. The lowest BCUT2D eigenvalue weighted by atomic mass is 9.99. The Balaban J connectivity index is 1.85. The van der Waals surface area contributed by atoms with Crippen molar-refractivity contribution >= 4 is 0 Å². The fraction of sp³-hybridized carbons (Fsp3) is 0.684. The van der Waals surface area contributed by atoms with E-state index in [-0.39, 0.29) is 0 Å². The van der Waals surface area contributed by atoms with Crippen molar-refractivity contribution in [2.24, 2.45) is 5.92 Å². The van der Waals surface area contributed by atoms with Crippen molar-refractivity contribution in [3.63, 3.8) is 0 Å². The summed E-state index contributed by atoms with van der Waals surface area (Å²) in [6, 6.07) is 6.33. The van der Waals surface area contributed by atoms with Crippen molar-refractivity contribution in [1.29, 1.82) is 0 Å². The van der Waals surface area contributed by atoms with E-state index in [0.717, 1.165) is 31.3 Å². The van der Waals surface area contributed by atoms with Crippen LogP contribution in [0.1, 0.15) is 50.7 Å². The first-order valence-corrected chi connectivity index (χ1v) is 8.59. The Morgan fingerprint density at radius 2 is 1.95 bits per heavy atom. The summed E-state index contributed by atoms with van der Waals surface area (Å²) in [6.07, 6.45) is 2.06. The minimum atomic E-state index is -0.422. The highest BCUT2D eigenvalue weighted by Gasteiger charge is 2.19. The van der Waals surface area contributed by atoms with Crippen LogP contribution in [0.15, 0.2) is 18.2 Å². The number of nitrogens with zero attached hydrogens (tertiary/aromatic N) is 1. The van der Waals surface area contributed by atoms with Gasteiger partial charge in [-0.25, -0.2) is 0 Å². The molecular formula is C19H31NO2. The molecule has 0 aliphatic carbocycles. The van der Waals surface area contributed by atoms with Crippen LogP contribution in [0.4, 0.5) is 0 Å². The Morgan fingerprint density at radius 1 is 1.27 bits per heavy atom. The molecule has 1 atom stereocenters. The van der Waals surface area contributed by atoms with Crippen LogP contribution in [0.25, 0.3) is 0 Å². The van der Waals surface area contributed by atoms with E-state index in [4.69, 9.17) is 4.74 Å². The lowest BCUT2D eigenvalue weighted by Gasteiger charge is -2.31. The van der Waals surface area contributed by atoms with Gasteiger partial charge in [-0.1, -0.05) is 32.9 Å². The quantitative estimate of drug-likeness (QED) is 0.872.